The summed E-state index contributed by atoms with van der Waals surface area (Å²) < 4.78 is 30.0. The number of unbranched alkanes of at least 4 members (excludes halogenated alkanes) is 4. The van der Waals surface area contributed by atoms with E-state index in [9.17, 15) is 29.4 Å². The van der Waals surface area contributed by atoms with Crippen LogP contribution >= 0.6 is 0 Å². The van der Waals surface area contributed by atoms with Crippen molar-refractivity contribution >= 4 is 29.8 Å². The van der Waals surface area contributed by atoms with Gasteiger partial charge in [-0.25, -0.2) is 4.79 Å². The number of aliphatic hydroxyl groups excluding tert-OH is 3. The molecule has 6 atom stereocenters. The first-order valence-corrected chi connectivity index (χ1v) is 20.0. The molecule has 0 bridgehead atoms. The topological polar surface area (TPSA) is 199 Å². The molecular weight excluding hydrogens is 724 g/mol. The molecule has 1 saturated heterocycles. The second-order valence-corrected chi connectivity index (χ2v) is 15.6. The fourth-order valence-corrected chi connectivity index (χ4v) is 6.65. The van der Waals surface area contributed by atoms with Gasteiger partial charge < -0.3 is 49.6 Å². The van der Waals surface area contributed by atoms with Crippen molar-refractivity contribution in [1.82, 2.24) is 10.6 Å². The monoisotopic (exact) mass is 788 g/mol. The molecule has 1 aliphatic heterocycles. The number of hydrogen-bond acceptors (Lipinski definition) is 12. The van der Waals surface area contributed by atoms with Gasteiger partial charge >= 0.3 is 11.9 Å². The highest BCUT2D eigenvalue weighted by Gasteiger charge is 2.52. The summed E-state index contributed by atoms with van der Waals surface area (Å²) in [5.41, 5.74) is 0.424. The summed E-state index contributed by atoms with van der Waals surface area (Å²) in [6.07, 6.45) is 7.93. The Labute approximate surface area is 331 Å². The summed E-state index contributed by atoms with van der Waals surface area (Å²) in [6, 6.07) is 4.47. The first kappa shape index (κ1) is 46.6. The summed E-state index contributed by atoms with van der Waals surface area (Å²) >= 11 is 0. The molecule has 5 N–H and O–H groups in total. The van der Waals surface area contributed by atoms with E-state index in [1.165, 1.54) is 13.2 Å². The van der Waals surface area contributed by atoms with E-state index in [1.54, 1.807) is 57.2 Å². The van der Waals surface area contributed by atoms with Crippen LogP contribution < -0.4 is 10.6 Å². The molecule has 2 aliphatic rings. The zero-order chi connectivity index (χ0) is 41.3. The van der Waals surface area contributed by atoms with Crippen LogP contribution in [0.3, 0.4) is 0 Å². The zero-order valence-corrected chi connectivity index (χ0v) is 33.9. The molecule has 14 nitrogen and oxygen atoms in total. The lowest BCUT2D eigenvalue weighted by Crippen LogP contribution is -2.55. The minimum atomic E-state index is -1.42. The molecule has 0 saturated carbocycles. The molecule has 1 heterocycles. The average molecular weight is 789 g/mol. The van der Waals surface area contributed by atoms with Crippen molar-refractivity contribution < 1.29 is 58.2 Å². The van der Waals surface area contributed by atoms with Crippen molar-refractivity contribution in [1.29, 1.82) is 0 Å². The third kappa shape index (κ3) is 14.9. The number of fused-ring (bicyclic) bond motifs is 1. The van der Waals surface area contributed by atoms with E-state index >= 15 is 0 Å². The van der Waals surface area contributed by atoms with E-state index in [0.717, 1.165) is 38.5 Å². The van der Waals surface area contributed by atoms with Crippen LogP contribution in [-0.4, -0.2) is 107 Å². The average Bonchev–Trinajstić information content (AvgIpc) is 3.52. The Hall–Kier alpha value is -3.82. The first-order chi connectivity index (χ1) is 26.6. The van der Waals surface area contributed by atoms with E-state index in [-0.39, 0.29) is 43.6 Å². The molecule has 314 valence electrons. The zero-order valence-electron chi connectivity index (χ0n) is 33.9. The van der Waals surface area contributed by atoms with Gasteiger partial charge in [-0.05, 0) is 76.8 Å². The Bertz CT molecular complexity index is 1480. The fraction of sp³-hybridized carbons (Fsp3) is 0.667. The predicted molar refractivity (Wildman–Crippen MR) is 209 cm³/mol. The molecule has 3 rings (SSSR count). The van der Waals surface area contributed by atoms with Crippen LogP contribution in [0.5, 0.6) is 0 Å². The van der Waals surface area contributed by atoms with E-state index in [2.05, 4.69) is 24.5 Å². The number of rotatable bonds is 23. The van der Waals surface area contributed by atoms with E-state index < -0.39 is 78.2 Å². The van der Waals surface area contributed by atoms with Gasteiger partial charge in [0, 0.05) is 31.3 Å². The van der Waals surface area contributed by atoms with Crippen molar-refractivity contribution in [2.24, 2.45) is 0 Å². The normalized spacial score (nSPS) is 20.7. The maximum Gasteiger partial charge on any atom is 0.338 e. The number of carbonyl (C=O) groups excluding carboxylic acids is 4. The summed E-state index contributed by atoms with van der Waals surface area (Å²) in [5, 5.41) is 34.8. The Balaban J connectivity index is 1.85. The van der Waals surface area contributed by atoms with Gasteiger partial charge in [0.05, 0.1) is 37.2 Å². The summed E-state index contributed by atoms with van der Waals surface area (Å²) in [6.45, 7) is 10.3. The lowest BCUT2D eigenvalue weighted by molar-refractivity contribution is -0.190. The summed E-state index contributed by atoms with van der Waals surface area (Å²) in [5.74, 6) is -3.49. The largest absolute Gasteiger partial charge is 0.499 e. The summed E-state index contributed by atoms with van der Waals surface area (Å²) in [4.78, 5) is 53.2. The third-order valence-corrected chi connectivity index (χ3v) is 9.47. The Kier molecular flexibility index (Phi) is 19.0. The molecule has 1 aliphatic carbocycles. The second-order valence-electron chi connectivity index (χ2n) is 15.6. The summed E-state index contributed by atoms with van der Waals surface area (Å²) in [7, 11) is 0. The Morgan fingerprint density at radius 3 is 2.32 bits per heavy atom. The standard InChI is InChI=1S/C42H64N2O12/c1-7-9-11-19-42(20-12-10-8-2)54-34-26-31(25-33(37(34)56-42)53-40(51)30-15-13-14-29(24-30)18-22-52-23-21-45)38(49)44-36(28(3)47)39(50)43-32(27-46)16-17-35(48)55-41(4,5)6/h13-15,18,22,24,26,28,32-34,36-37,45-47H,7-12,16-17,19-21,23,25,27H2,1-6H3,(H,43,50)(H,44,49). The van der Waals surface area contributed by atoms with Crippen LogP contribution in [0.25, 0.3) is 6.08 Å². The third-order valence-electron chi connectivity index (χ3n) is 9.47. The minimum absolute atomic E-state index is 0.0556. The molecule has 1 fully saturated rings. The number of amides is 2. The van der Waals surface area contributed by atoms with Crippen LogP contribution in [0.1, 0.15) is 128 Å². The molecule has 0 radical (unpaired) electrons. The van der Waals surface area contributed by atoms with Gasteiger partial charge in [0.2, 0.25) is 11.8 Å². The maximum atomic E-state index is 13.9. The van der Waals surface area contributed by atoms with Crippen LogP contribution in [-0.2, 0) is 38.1 Å². The second kappa shape index (κ2) is 22.8. The highest BCUT2D eigenvalue weighted by Crippen LogP contribution is 2.43. The molecule has 1 aromatic carbocycles. The van der Waals surface area contributed by atoms with E-state index in [4.69, 9.17) is 28.8 Å². The molecule has 56 heavy (non-hydrogen) atoms. The quantitative estimate of drug-likeness (QED) is 0.0587. The molecule has 6 unspecified atom stereocenters. The van der Waals surface area contributed by atoms with Crippen LogP contribution in [0, 0.1) is 0 Å². The maximum absolute atomic E-state index is 13.9. The smallest absolute Gasteiger partial charge is 0.338 e. The van der Waals surface area contributed by atoms with Crippen molar-refractivity contribution in [2.45, 2.75) is 160 Å². The first-order valence-electron chi connectivity index (χ1n) is 20.0. The molecule has 1 aromatic rings. The number of esters is 2. The molecule has 14 heteroatoms. The van der Waals surface area contributed by atoms with Crippen molar-refractivity contribution in [3.05, 3.63) is 53.3 Å². The molecule has 0 spiro atoms. The van der Waals surface area contributed by atoms with Crippen molar-refractivity contribution in [3.8, 4) is 0 Å². The number of aliphatic hydroxyl groups is 3. The van der Waals surface area contributed by atoms with Crippen molar-refractivity contribution in [2.75, 3.05) is 19.8 Å². The molecule has 0 aromatic heterocycles. The highest BCUT2D eigenvalue weighted by molar-refractivity contribution is 5.97. The number of hydrogen-bond donors (Lipinski definition) is 5. The van der Waals surface area contributed by atoms with Gasteiger partial charge in [-0.3, -0.25) is 14.4 Å². The van der Waals surface area contributed by atoms with Gasteiger partial charge in [-0.2, -0.15) is 0 Å². The number of nitrogens with one attached hydrogen (secondary N) is 2. The molecular formula is C42H64N2O12. The fourth-order valence-electron chi connectivity index (χ4n) is 6.65. The number of ether oxygens (including phenoxy) is 5. The van der Waals surface area contributed by atoms with Gasteiger partial charge in [-0.15, -0.1) is 0 Å². The van der Waals surface area contributed by atoms with E-state index in [0.29, 0.717) is 18.4 Å². The number of carbonyl (C=O) groups is 4. The highest BCUT2D eigenvalue weighted by atomic mass is 16.8. The lowest BCUT2D eigenvalue weighted by atomic mass is 9.91. The predicted octanol–water partition coefficient (Wildman–Crippen LogP) is 4.63. The van der Waals surface area contributed by atoms with Gasteiger partial charge in [-0.1, -0.05) is 51.7 Å². The van der Waals surface area contributed by atoms with Crippen LogP contribution in [0.15, 0.2) is 42.2 Å². The Morgan fingerprint density at radius 2 is 1.71 bits per heavy atom. The lowest BCUT2D eigenvalue weighted by Gasteiger charge is -2.32. The molecule has 2 amide bonds. The van der Waals surface area contributed by atoms with Crippen molar-refractivity contribution in [3.63, 3.8) is 0 Å². The van der Waals surface area contributed by atoms with Gasteiger partial charge in [0.25, 0.3) is 0 Å². The minimum Gasteiger partial charge on any atom is -0.499 e. The van der Waals surface area contributed by atoms with Gasteiger partial charge in [0.15, 0.2) is 5.79 Å². The number of benzene rings is 1. The van der Waals surface area contributed by atoms with E-state index in [1.807, 2.05) is 0 Å². The van der Waals surface area contributed by atoms with Crippen LogP contribution in [0.4, 0.5) is 0 Å². The SMILES string of the molecule is CCCCCC1(CCCCC)OC2C=C(C(=O)NC(C(=O)NC(CO)CCC(=O)OC(C)(C)C)C(C)O)CC(OC(=O)c3cccc(C=COCCO)c3)C2O1. The van der Waals surface area contributed by atoms with Crippen LogP contribution in [0.2, 0.25) is 0 Å². The van der Waals surface area contributed by atoms with Gasteiger partial charge in [0.1, 0.15) is 36.6 Å². The Morgan fingerprint density at radius 1 is 1.02 bits per heavy atom.